The summed E-state index contributed by atoms with van der Waals surface area (Å²) in [6.07, 6.45) is 4.79. The second-order valence-corrected chi connectivity index (χ2v) is 10.9. The van der Waals surface area contributed by atoms with Crippen LogP contribution in [0.3, 0.4) is 0 Å². The van der Waals surface area contributed by atoms with Gasteiger partial charge in [-0.15, -0.1) is 10.2 Å². The van der Waals surface area contributed by atoms with Crippen LogP contribution in [0, 0.1) is 0 Å². The second-order valence-electron chi connectivity index (χ2n) is 8.61. The first-order valence-electron chi connectivity index (χ1n) is 11.9. The SMILES string of the molecule is CCCCc1nnc(-c2ccc(CN([C@@H]3CCCCNC3=O)S(=O)(=O)c3ccc(Cl)cc3)cc2)o1. The van der Waals surface area contributed by atoms with Crippen molar-refractivity contribution in [2.24, 2.45) is 0 Å². The van der Waals surface area contributed by atoms with Crippen molar-refractivity contribution in [3.8, 4) is 11.5 Å². The minimum Gasteiger partial charge on any atom is -0.421 e. The van der Waals surface area contributed by atoms with E-state index >= 15 is 0 Å². The number of unbranched alkanes of at least 4 members (excludes halogenated alkanes) is 1. The van der Waals surface area contributed by atoms with E-state index < -0.39 is 16.1 Å². The van der Waals surface area contributed by atoms with Gasteiger partial charge in [0.05, 0.1) is 4.90 Å². The van der Waals surface area contributed by atoms with Gasteiger partial charge in [0.25, 0.3) is 0 Å². The zero-order chi connectivity index (χ0) is 24.8. The average Bonchev–Trinajstić information content (AvgIpc) is 3.23. The van der Waals surface area contributed by atoms with Crippen molar-refractivity contribution in [2.45, 2.75) is 62.9 Å². The predicted molar refractivity (Wildman–Crippen MR) is 133 cm³/mol. The summed E-state index contributed by atoms with van der Waals surface area (Å²) in [5.41, 5.74) is 1.50. The molecule has 1 aromatic heterocycles. The molecule has 2 aromatic carbocycles. The summed E-state index contributed by atoms with van der Waals surface area (Å²) in [4.78, 5) is 12.9. The number of carbonyl (C=O) groups is 1. The summed E-state index contributed by atoms with van der Waals surface area (Å²) in [5, 5.41) is 11.5. The van der Waals surface area contributed by atoms with Crippen molar-refractivity contribution in [3.05, 3.63) is 65.0 Å². The molecule has 0 bridgehead atoms. The van der Waals surface area contributed by atoms with Crippen LogP contribution in [0.4, 0.5) is 0 Å². The highest BCUT2D eigenvalue weighted by atomic mass is 35.5. The molecular weight excluding hydrogens is 488 g/mol. The summed E-state index contributed by atoms with van der Waals surface area (Å²) in [5.74, 6) is 0.754. The predicted octanol–water partition coefficient (Wildman–Crippen LogP) is 4.59. The number of nitrogens with one attached hydrogen (secondary N) is 1. The molecule has 4 rings (SSSR count). The van der Waals surface area contributed by atoms with Crippen LogP contribution in [0.15, 0.2) is 57.8 Å². The van der Waals surface area contributed by atoms with Crippen molar-refractivity contribution in [2.75, 3.05) is 6.54 Å². The number of benzene rings is 2. The summed E-state index contributed by atoms with van der Waals surface area (Å²) >= 11 is 5.97. The molecule has 1 fully saturated rings. The molecule has 0 aliphatic carbocycles. The molecule has 2 heterocycles. The Bertz CT molecular complexity index is 1240. The van der Waals surface area contributed by atoms with E-state index in [0.29, 0.717) is 29.8 Å². The van der Waals surface area contributed by atoms with Gasteiger partial charge in [0.1, 0.15) is 6.04 Å². The number of hydrogen-bond donors (Lipinski definition) is 1. The molecule has 1 atom stereocenters. The number of rotatable bonds is 9. The first-order valence-corrected chi connectivity index (χ1v) is 13.7. The fourth-order valence-electron chi connectivity index (χ4n) is 4.03. The van der Waals surface area contributed by atoms with Crippen molar-refractivity contribution in [1.82, 2.24) is 19.8 Å². The van der Waals surface area contributed by atoms with Gasteiger partial charge in [-0.2, -0.15) is 4.31 Å². The Morgan fingerprint density at radius 2 is 1.83 bits per heavy atom. The van der Waals surface area contributed by atoms with Gasteiger partial charge in [0, 0.05) is 30.1 Å². The normalized spacial score (nSPS) is 16.8. The van der Waals surface area contributed by atoms with Gasteiger partial charge < -0.3 is 9.73 Å². The molecule has 0 unspecified atom stereocenters. The number of aromatic nitrogens is 2. The van der Waals surface area contributed by atoms with Crippen molar-refractivity contribution >= 4 is 27.5 Å². The van der Waals surface area contributed by atoms with Gasteiger partial charge in [-0.1, -0.05) is 37.1 Å². The lowest BCUT2D eigenvalue weighted by Crippen LogP contribution is -2.48. The lowest BCUT2D eigenvalue weighted by molar-refractivity contribution is -0.124. The van der Waals surface area contributed by atoms with Crippen molar-refractivity contribution in [3.63, 3.8) is 0 Å². The Hall–Kier alpha value is -2.75. The number of aryl methyl sites for hydroxylation is 1. The number of carbonyl (C=O) groups excluding carboxylic acids is 1. The summed E-state index contributed by atoms with van der Waals surface area (Å²) < 4.78 is 34.3. The van der Waals surface area contributed by atoms with E-state index in [1.165, 1.54) is 28.6 Å². The molecule has 8 nitrogen and oxygen atoms in total. The summed E-state index contributed by atoms with van der Waals surface area (Å²) in [6.45, 7) is 2.70. The summed E-state index contributed by atoms with van der Waals surface area (Å²) in [6, 6.07) is 12.5. The minimum atomic E-state index is -3.96. The van der Waals surface area contributed by atoms with Crippen LogP contribution >= 0.6 is 11.6 Å². The van der Waals surface area contributed by atoms with Crippen LogP contribution in [0.1, 0.15) is 50.5 Å². The fraction of sp³-hybridized carbons (Fsp3) is 0.400. The van der Waals surface area contributed by atoms with Gasteiger partial charge in [-0.05, 0) is 67.6 Å². The van der Waals surface area contributed by atoms with E-state index in [4.69, 9.17) is 16.0 Å². The molecule has 0 spiro atoms. The highest BCUT2D eigenvalue weighted by molar-refractivity contribution is 7.89. The third-order valence-electron chi connectivity index (χ3n) is 6.02. The highest BCUT2D eigenvalue weighted by Crippen LogP contribution is 2.27. The molecule has 1 aliphatic rings. The maximum Gasteiger partial charge on any atom is 0.247 e. The Morgan fingerprint density at radius 3 is 2.54 bits per heavy atom. The molecule has 1 amide bonds. The average molecular weight is 517 g/mol. The first kappa shape index (κ1) is 25.3. The van der Waals surface area contributed by atoms with Gasteiger partial charge in [-0.25, -0.2) is 8.42 Å². The van der Waals surface area contributed by atoms with Gasteiger partial charge >= 0.3 is 0 Å². The Labute approximate surface area is 210 Å². The van der Waals surface area contributed by atoms with Gasteiger partial charge in [0.2, 0.25) is 27.7 Å². The molecule has 0 radical (unpaired) electrons. The highest BCUT2D eigenvalue weighted by Gasteiger charge is 2.36. The van der Waals surface area contributed by atoms with Crippen LogP contribution < -0.4 is 5.32 Å². The van der Waals surface area contributed by atoms with Gasteiger partial charge in [0.15, 0.2) is 0 Å². The number of halogens is 1. The number of nitrogens with zero attached hydrogens (tertiary/aromatic N) is 3. The Balaban J connectivity index is 1.61. The van der Waals surface area contributed by atoms with Gasteiger partial charge in [-0.3, -0.25) is 4.79 Å². The fourth-order valence-corrected chi connectivity index (χ4v) is 5.77. The topological polar surface area (TPSA) is 105 Å². The zero-order valence-corrected chi connectivity index (χ0v) is 21.2. The molecule has 10 heteroatoms. The van der Waals surface area contributed by atoms with E-state index in [2.05, 4.69) is 22.4 Å². The molecular formula is C25H29ClN4O4S. The number of sulfonamides is 1. The lowest BCUT2D eigenvalue weighted by atomic mass is 10.1. The smallest absolute Gasteiger partial charge is 0.247 e. The Morgan fingerprint density at radius 1 is 1.09 bits per heavy atom. The van der Waals surface area contributed by atoms with E-state index in [1.54, 1.807) is 0 Å². The van der Waals surface area contributed by atoms with Crippen molar-refractivity contribution in [1.29, 1.82) is 0 Å². The van der Waals surface area contributed by atoms with E-state index in [1.807, 2.05) is 24.3 Å². The zero-order valence-electron chi connectivity index (χ0n) is 19.6. The third kappa shape index (κ3) is 6.09. The monoisotopic (exact) mass is 516 g/mol. The largest absolute Gasteiger partial charge is 0.421 e. The first-order chi connectivity index (χ1) is 16.9. The molecule has 3 aromatic rings. The van der Waals surface area contributed by atoms with Crippen LogP contribution in [-0.4, -0.2) is 41.4 Å². The minimum absolute atomic E-state index is 0.0505. The standard InChI is InChI=1S/C25H29ClN4O4S/c1-2-3-7-23-28-29-25(34-23)19-10-8-18(9-11-19)17-30(22-6-4-5-16-27-24(22)31)35(32,33)21-14-12-20(26)13-15-21/h8-15,22H,2-7,16-17H2,1H3,(H,27,31)/t22-/m1/s1. The lowest BCUT2D eigenvalue weighted by Gasteiger charge is -2.29. The van der Waals surface area contributed by atoms with Crippen LogP contribution in [0.2, 0.25) is 5.02 Å². The maximum absolute atomic E-state index is 13.7. The molecule has 186 valence electrons. The van der Waals surface area contributed by atoms with Crippen LogP contribution in [0.25, 0.3) is 11.5 Å². The molecule has 35 heavy (non-hydrogen) atoms. The number of amides is 1. The van der Waals surface area contributed by atoms with Crippen molar-refractivity contribution < 1.29 is 17.6 Å². The molecule has 1 aliphatic heterocycles. The maximum atomic E-state index is 13.7. The third-order valence-corrected chi connectivity index (χ3v) is 8.15. The second kappa shape index (κ2) is 11.3. The van der Waals surface area contributed by atoms with Crippen LogP contribution in [-0.2, 0) is 27.8 Å². The quantitative estimate of drug-likeness (QED) is 0.446. The Kier molecular flexibility index (Phi) is 8.20. The number of hydrogen-bond acceptors (Lipinski definition) is 6. The summed E-state index contributed by atoms with van der Waals surface area (Å²) in [7, 11) is -3.96. The van der Waals surface area contributed by atoms with E-state index in [0.717, 1.165) is 43.2 Å². The van der Waals surface area contributed by atoms with E-state index in [-0.39, 0.29) is 17.3 Å². The van der Waals surface area contributed by atoms with Crippen LogP contribution in [0.5, 0.6) is 0 Å². The van der Waals surface area contributed by atoms with E-state index in [9.17, 15) is 13.2 Å². The molecule has 1 N–H and O–H groups in total. The molecule has 0 saturated carbocycles. The molecule has 1 saturated heterocycles.